The van der Waals surface area contributed by atoms with Crippen molar-refractivity contribution in [2.24, 2.45) is 5.84 Å². The maximum absolute atomic E-state index is 12.1. The number of aryl methyl sites for hydroxylation is 1. The number of nitrogen functional groups attached to an aromatic ring is 1. The van der Waals surface area contributed by atoms with E-state index in [4.69, 9.17) is 5.84 Å². The first-order valence-corrected chi connectivity index (χ1v) is 6.53. The molecule has 0 unspecified atom stereocenters. The minimum atomic E-state index is -0.159. The van der Waals surface area contributed by atoms with Crippen LogP contribution < -0.4 is 16.6 Å². The molecule has 4 N–H and O–H groups in total. The van der Waals surface area contributed by atoms with Crippen LogP contribution in [0.15, 0.2) is 46.9 Å². The van der Waals surface area contributed by atoms with Crippen molar-refractivity contribution >= 4 is 33.2 Å². The Hall–Kier alpha value is -1.85. The van der Waals surface area contributed by atoms with Crippen molar-refractivity contribution in [3.05, 3.63) is 58.1 Å². The summed E-state index contributed by atoms with van der Waals surface area (Å²) < 4.78 is 0.862. The van der Waals surface area contributed by atoms with Crippen LogP contribution in [0.5, 0.6) is 0 Å². The Bertz CT molecular complexity index is 596. The molecule has 1 amide bonds. The number of anilines is 2. The Morgan fingerprint density at radius 2 is 1.84 bits per heavy atom. The Labute approximate surface area is 120 Å². The van der Waals surface area contributed by atoms with E-state index in [0.717, 1.165) is 21.4 Å². The van der Waals surface area contributed by atoms with E-state index >= 15 is 0 Å². The molecular formula is C14H14BrN3O. The number of benzene rings is 2. The number of rotatable bonds is 3. The first-order valence-electron chi connectivity index (χ1n) is 5.74. The molecule has 0 aliphatic carbocycles. The lowest BCUT2D eigenvalue weighted by Gasteiger charge is -2.08. The van der Waals surface area contributed by atoms with Crippen LogP contribution in [-0.2, 0) is 0 Å². The van der Waals surface area contributed by atoms with Gasteiger partial charge in [-0.15, -0.1) is 0 Å². The van der Waals surface area contributed by atoms with E-state index in [2.05, 4.69) is 26.7 Å². The van der Waals surface area contributed by atoms with Crippen molar-refractivity contribution < 1.29 is 4.79 Å². The lowest BCUT2D eigenvalue weighted by atomic mass is 10.2. The van der Waals surface area contributed by atoms with Gasteiger partial charge in [0.25, 0.3) is 5.91 Å². The molecule has 0 aliphatic heterocycles. The molecule has 0 heterocycles. The molecule has 0 radical (unpaired) electrons. The fraction of sp³-hybridized carbons (Fsp3) is 0.0714. The summed E-state index contributed by atoms with van der Waals surface area (Å²) >= 11 is 3.43. The summed E-state index contributed by atoms with van der Waals surface area (Å²) in [6.07, 6.45) is 0. The lowest BCUT2D eigenvalue weighted by molar-refractivity contribution is 0.102. The zero-order valence-electron chi connectivity index (χ0n) is 10.4. The average Bonchev–Trinajstić information content (AvgIpc) is 2.42. The largest absolute Gasteiger partial charge is 0.324 e. The van der Waals surface area contributed by atoms with Crippen molar-refractivity contribution in [2.45, 2.75) is 6.92 Å². The van der Waals surface area contributed by atoms with Crippen molar-refractivity contribution in [1.82, 2.24) is 0 Å². The topological polar surface area (TPSA) is 67.2 Å². The van der Waals surface area contributed by atoms with Crippen LogP contribution in [0.2, 0.25) is 0 Å². The maximum atomic E-state index is 12.1. The van der Waals surface area contributed by atoms with Crippen LogP contribution in [0, 0.1) is 6.92 Å². The zero-order valence-corrected chi connectivity index (χ0v) is 12.0. The predicted molar refractivity (Wildman–Crippen MR) is 81.1 cm³/mol. The SMILES string of the molecule is Cc1ccc(NC(=O)c2ccc(NN)cc2)c(Br)c1. The molecule has 0 saturated heterocycles. The van der Waals surface area contributed by atoms with Gasteiger partial charge in [0.15, 0.2) is 0 Å². The number of halogens is 1. The van der Waals surface area contributed by atoms with Gasteiger partial charge < -0.3 is 10.7 Å². The van der Waals surface area contributed by atoms with Gasteiger partial charge in [-0.3, -0.25) is 10.6 Å². The Kier molecular flexibility index (Phi) is 4.19. The van der Waals surface area contributed by atoms with Gasteiger partial charge >= 0.3 is 0 Å². The molecule has 0 bridgehead atoms. The van der Waals surface area contributed by atoms with Crippen molar-refractivity contribution in [3.8, 4) is 0 Å². The Morgan fingerprint density at radius 1 is 1.16 bits per heavy atom. The number of nitrogens with one attached hydrogen (secondary N) is 2. The highest BCUT2D eigenvalue weighted by Crippen LogP contribution is 2.24. The van der Waals surface area contributed by atoms with Crippen molar-refractivity contribution in [2.75, 3.05) is 10.7 Å². The van der Waals surface area contributed by atoms with Crippen LogP contribution >= 0.6 is 15.9 Å². The van der Waals surface area contributed by atoms with Gasteiger partial charge in [0.2, 0.25) is 0 Å². The minimum absolute atomic E-state index is 0.159. The molecular weight excluding hydrogens is 306 g/mol. The van der Waals surface area contributed by atoms with Gasteiger partial charge in [-0.1, -0.05) is 6.07 Å². The molecule has 2 aromatic rings. The van der Waals surface area contributed by atoms with Crippen molar-refractivity contribution in [3.63, 3.8) is 0 Å². The van der Waals surface area contributed by atoms with Gasteiger partial charge in [-0.2, -0.15) is 0 Å². The zero-order chi connectivity index (χ0) is 13.8. The molecule has 0 aliphatic rings. The van der Waals surface area contributed by atoms with Gasteiger partial charge in [-0.05, 0) is 64.8 Å². The Balaban J connectivity index is 2.15. The molecule has 0 saturated carbocycles. The summed E-state index contributed by atoms with van der Waals surface area (Å²) in [5.41, 5.74) is 5.73. The lowest BCUT2D eigenvalue weighted by Crippen LogP contribution is -2.13. The molecule has 2 aromatic carbocycles. The predicted octanol–water partition coefficient (Wildman–Crippen LogP) is 3.30. The van der Waals surface area contributed by atoms with Gasteiger partial charge in [0.05, 0.1) is 5.69 Å². The second-order valence-electron chi connectivity index (χ2n) is 4.16. The second kappa shape index (κ2) is 5.86. The molecule has 0 atom stereocenters. The third-order valence-electron chi connectivity index (χ3n) is 2.69. The summed E-state index contributed by atoms with van der Waals surface area (Å²) in [6.45, 7) is 1.99. The Morgan fingerprint density at radius 3 is 2.42 bits per heavy atom. The smallest absolute Gasteiger partial charge is 0.255 e. The van der Waals surface area contributed by atoms with Gasteiger partial charge in [0, 0.05) is 15.7 Å². The third kappa shape index (κ3) is 3.33. The van der Waals surface area contributed by atoms with E-state index in [1.165, 1.54) is 0 Å². The number of hydrogen-bond donors (Lipinski definition) is 3. The number of amides is 1. The van der Waals surface area contributed by atoms with Crippen LogP contribution in [0.25, 0.3) is 0 Å². The minimum Gasteiger partial charge on any atom is -0.324 e. The van der Waals surface area contributed by atoms with Crippen LogP contribution in [0.3, 0.4) is 0 Å². The quantitative estimate of drug-likeness (QED) is 0.600. The third-order valence-corrected chi connectivity index (χ3v) is 3.34. The van der Waals surface area contributed by atoms with E-state index < -0.39 is 0 Å². The number of hydrogen-bond acceptors (Lipinski definition) is 3. The number of carbonyl (C=O) groups is 1. The number of hydrazine groups is 1. The van der Waals surface area contributed by atoms with Gasteiger partial charge in [-0.25, -0.2) is 0 Å². The fourth-order valence-electron chi connectivity index (χ4n) is 1.63. The average molecular weight is 320 g/mol. The van der Waals surface area contributed by atoms with Crippen LogP contribution in [0.4, 0.5) is 11.4 Å². The van der Waals surface area contributed by atoms with E-state index in [1.807, 2.05) is 25.1 Å². The van der Waals surface area contributed by atoms with Crippen LogP contribution in [-0.4, -0.2) is 5.91 Å². The highest BCUT2D eigenvalue weighted by atomic mass is 79.9. The second-order valence-corrected chi connectivity index (χ2v) is 5.01. The summed E-state index contributed by atoms with van der Waals surface area (Å²) in [6, 6.07) is 12.7. The molecule has 4 nitrogen and oxygen atoms in total. The highest BCUT2D eigenvalue weighted by molar-refractivity contribution is 9.10. The van der Waals surface area contributed by atoms with Crippen LogP contribution in [0.1, 0.15) is 15.9 Å². The van der Waals surface area contributed by atoms with Gasteiger partial charge in [0.1, 0.15) is 0 Å². The summed E-state index contributed by atoms with van der Waals surface area (Å²) in [5.74, 6) is 5.12. The summed E-state index contributed by atoms with van der Waals surface area (Å²) in [5, 5.41) is 2.85. The number of carbonyl (C=O) groups excluding carboxylic acids is 1. The molecule has 0 fully saturated rings. The van der Waals surface area contributed by atoms with E-state index in [0.29, 0.717) is 5.56 Å². The molecule has 2 rings (SSSR count). The molecule has 0 aromatic heterocycles. The molecule has 98 valence electrons. The first-order chi connectivity index (χ1) is 9.10. The summed E-state index contributed by atoms with van der Waals surface area (Å²) in [4.78, 5) is 12.1. The monoisotopic (exact) mass is 319 g/mol. The first kappa shape index (κ1) is 13.6. The molecule has 0 spiro atoms. The fourth-order valence-corrected chi connectivity index (χ4v) is 2.23. The molecule has 5 heteroatoms. The maximum Gasteiger partial charge on any atom is 0.255 e. The van der Waals surface area contributed by atoms with E-state index in [9.17, 15) is 4.79 Å². The normalized spacial score (nSPS) is 10.1. The number of nitrogens with two attached hydrogens (primary N) is 1. The summed E-state index contributed by atoms with van der Waals surface area (Å²) in [7, 11) is 0. The van der Waals surface area contributed by atoms with E-state index in [1.54, 1.807) is 24.3 Å². The highest BCUT2D eigenvalue weighted by Gasteiger charge is 2.08. The van der Waals surface area contributed by atoms with Crippen molar-refractivity contribution in [1.29, 1.82) is 0 Å². The van der Waals surface area contributed by atoms with E-state index in [-0.39, 0.29) is 5.91 Å². The molecule has 19 heavy (non-hydrogen) atoms. The standard InChI is InChI=1S/C14H14BrN3O/c1-9-2-7-13(12(15)8-9)17-14(19)10-3-5-11(18-16)6-4-10/h2-8,18H,16H2,1H3,(H,17,19).